The zero-order valence-electron chi connectivity index (χ0n) is 38.8. The Morgan fingerprint density at radius 2 is 0.661 bits per heavy atom. The van der Waals surface area contributed by atoms with Crippen molar-refractivity contribution in [3.8, 4) is 0 Å². The van der Waals surface area contributed by atoms with E-state index in [0.717, 1.165) is 96.3 Å². The number of unbranched alkanes of at least 4 members (excludes halogenated alkanes) is 23. The summed E-state index contributed by atoms with van der Waals surface area (Å²) in [5, 5.41) is 0. The van der Waals surface area contributed by atoms with Gasteiger partial charge in [-0.2, -0.15) is 0 Å². The van der Waals surface area contributed by atoms with Gasteiger partial charge in [0, 0.05) is 19.3 Å². The summed E-state index contributed by atoms with van der Waals surface area (Å²) < 4.78 is 16.7. The van der Waals surface area contributed by atoms with Crippen LogP contribution in [0.5, 0.6) is 0 Å². The normalized spacial score (nSPS) is 12.5. The molecule has 0 aliphatic heterocycles. The van der Waals surface area contributed by atoms with Crippen molar-refractivity contribution in [2.75, 3.05) is 13.2 Å². The molecule has 0 aromatic heterocycles. The van der Waals surface area contributed by atoms with E-state index in [2.05, 4.69) is 81.5 Å². The summed E-state index contributed by atoms with van der Waals surface area (Å²) in [5.41, 5.74) is 0. The Labute approximate surface area is 364 Å². The molecule has 0 heterocycles. The van der Waals surface area contributed by atoms with E-state index in [0.29, 0.717) is 19.3 Å². The van der Waals surface area contributed by atoms with Crippen molar-refractivity contribution in [3.63, 3.8) is 0 Å². The quantitative estimate of drug-likeness (QED) is 0.0263. The maximum absolute atomic E-state index is 12.7. The maximum atomic E-state index is 12.7. The minimum atomic E-state index is -0.789. The molecule has 0 N–H and O–H groups in total. The van der Waals surface area contributed by atoms with Crippen LogP contribution in [0, 0.1) is 0 Å². The second-order valence-corrected chi connectivity index (χ2v) is 16.3. The second kappa shape index (κ2) is 47.8. The second-order valence-electron chi connectivity index (χ2n) is 16.3. The van der Waals surface area contributed by atoms with E-state index in [9.17, 15) is 14.4 Å². The molecule has 1 unspecified atom stereocenters. The van der Waals surface area contributed by atoms with Crippen LogP contribution in [0.25, 0.3) is 0 Å². The summed E-state index contributed by atoms with van der Waals surface area (Å²) in [7, 11) is 0. The van der Waals surface area contributed by atoms with E-state index >= 15 is 0 Å². The predicted octanol–water partition coefficient (Wildman–Crippen LogP) is 16.1. The molecule has 0 aliphatic carbocycles. The van der Waals surface area contributed by atoms with Crippen molar-refractivity contribution < 1.29 is 28.6 Å². The van der Waals surface area contributed by atoms with Crippen LogP contribution in [0.1, 0.15) is 239 Å². The smallest absolute Gasteiger partial charge is 0.306 e. The number of esters is 3. The van der Waals surface area contributed by atoms with Crippen LogP contribution < -0.4 is 0 Å². The SMILES string of the molecule is CC/C=C\C/C=C\C/C=C\CCCCCC(=O)OC(COC(=O)CCCCCCCCC/C=C\C/C=C\CCCCCC)COC(=O)CCCCCCCCCCCC. The molecule has 0 saturated heterocycles. The van der Waals surface area contributed by atoms with E-state index < -0.39 is 6.10 Å². The molecular weight excluding hydrogens is 733 g/mol. The highest BCUT2D eigenvalue weighted by Crippen LogP contribution is 2.14. The largest absolute Gasteiger partial charge is 0.462 e. The van der Waals surface area contributed by atoms with Crippen LogP contribution in [0.4, 0.5) is 0 Å². The first-order valence-corrected chi connectivity index (χ1v) is 24.8. The zero-order valence-corrected chi connectivity index (χ0v) is 38.8. The molecule has 0 aromatic rings. The van der Waals surface area contributed by atoms with Crippen LogP contribution in [0.3, 0.4) is 0 Å². The highest BCUT2D eigenvalue weighted by molar-refractivity contribution is 5.71. The van der Waals surface area contributed by atoms with Gasteiger partial charge in [-0.15, -0.1) is 0 Å². The number of hydrogen-bond donors (Lipinski definition) is 0. The first-order chi connectivity index (χ1) is 29.0. The Bertz CT molecular complexity index is 1090. The molecule has 6 nitrogen and oxygen atoms in total. The molecule has 1 atom stereocenters. The minimum absolute atomic E-state index is 0.0875. The fourth-order valence-corrected chi connectivity index (χ4v) is 6.78. The van der Waals surface area contributed by atoms with Gasteiger partial charge in [-0.3, -0.25) is 14.4 Å². The Morgan fingerprint density at radius 1 is 0.356 bits per heavy atom. The van der Waals surface area contributed by atoms with Gasteiger partial charge in [0.2, 0.25) is 0 Å². The van der Waals surface area contributed by atoms with Gasteiger partial charge in [0.05, 0.1) is 0 Å². The molecule has 0 fully saturated rings. The Morgan fingerprint density at radius 3 is 1.07 bits per heavy atom. The van der Waals surface area contributed by atoms with Gasteiger partial charge in [0.1, 0.15) is 13.2 Å². The molecule has 59 heavy (non-hydrogen) atoms. The number of hydrogen-bond acceptors (Lipinski definition) is 6. The van der Waals surface area contributed by atoms with E-state index in [1.807, 2.05) is 0 Å². The summed E-state index contributed by atoms with van der Waals surface area (Å²) in [4.78, 5) is 37.8. The lowest BCUT2D eigenvalue weighted by molar-refractivity contribution is -0.167. The molecule has 6 heteroatoms. The molecule has 0 saturated carbocycles. The lowest BCUT2D eigenvalue weighted by atomic mass is 10.1. The third kappa shape index (κ3) is 46.0. The molecule has 0 aliphatic rings. The van der Waals surface area contributed by atoms with Crippen molar-refractivity contribution in [1.29, 1.82) is 0 Å². The van der Waals surface area contributed by atoms with Crippen LogP contribution in [-0.2, 0) is 28.6 Å². The molecule has 0 spiro atoms. The lowest BCUT2D eigenvalue weighted by Crippen LogP contribution is -2.30. The van der Waals surface area contributed by atoms with Crippen LogP contribution in [0.2, 0.25) is 0 Å². The van der Waals surface area contributed by atoms with E-state index in [-0.39, 0.29) is 31.1 Å². The van der Waals surface area contributed by atoms with Gasteiger partial charge in [-0.25, -0.2) is 0 Å². The van der Waals surface area contributed by atoms with E-state index in [1.165, 1.54) is 103 Å². The highest BCUT2D eigenvalue weighted by Gasteiger charge is 2.19. The van der Waals surface area contributed by atoms with Gasteiger partial charge in [-0.05, 0) is 83.5 Å². The fourth-order valence-electron chi connectivity index (χ4n) is 6.78. The maximum Gasteiger partial charge on any atom is 0.306 e. The van der Waals surface area contributed by atoms with Crippen LogP contribution in [0.15, 0.2) is 60.8 Å². The number of rotatable bonds is 44. The minimum Gasteiger partial charge on any atom is -0.462 e. The molecule has 340 valence electrons. The van der Waals surface area contributed by atoms with Crippen molar-refractivity contribution >= 4 is 17.9 Å². The summed E-state index contributed by atoms with van der Waals surface area (Å²) in [5.74, 6) is -0.925. The first kappa shape index (κ1) is 56.1. The van der Waals surface area contributed by atoms with Crippen LogP contribution >= 0.6 is 0 Å². The lowest BCUT2D eigenvalue weighted by Gasteiger charge is -2.18. The summed E-state index contributed by atoms with van der Waals surface area (Å²) >= 11 is 0. The van der Waals surface area contributed by atoms with Gasteiger partial charge in [0.25, 0.3) is 0 Å². The molecule has 0 bridgehead atoms. The van der Waals surface area contributed by atoms with Crippen molar-refractivity contribution in [3.05, 3.63) is 60.8 Å². The standard InChI is InChI=1S/C53H92O6/c1-4-7-10-13-16-19-22-24-25-26-27-28-30-31-34-37-40-43-46-52(55)58-49-50(48-57-51(54)45-42-39-36-33-21-18-15-12-9-6-3)59-53(56)47-44-41-38-35-32-29-23-20-17-14-11-8-5-2/h8,11,17,19-20,22,25-26,29,32,50H,4-7,9-10,12-16,18,21,23-24,27-28,30-31,33-49H2,1-3H3/b11-8-,20-17-,22-19-,26-25-,32-29-. The predicted molar refractivity (Wildman–Crippen MR) is 251 cm³/mol. The number of allylic oxidation sites excluding steroid dienone is 10. The summed E-state index contributed by atoms with van der Waals surface area (Å²) in [6.45, 7) is 6.46. The molecular formula is C53H92O6. The van der Waals surface area contributed by atoms with E-state index in [4.69, 9.17) is 14.2 Å². The number of carbonyl (C=O) groups is 3. The average Bonchev–Trinajstić information content (AvgIpc) is 3.23. The molecule has 0 amide bonds. The molecule has 0 aromatic carbocycles. The Kier molecular flexibility index (Phi) is 45.4. The van der Waals surface area contributed by atoms with E-state index in [1.54, 1.807) is 0 Å². The van der Waals surface area contributed by atoms with Gasteiger partial charge in [0.15, 0.2) is 6.10 Å². The van der Waals surface area contributed by atoms with Crippen LogP contribution in [-0.4, -0.2) is 37.2 Å². The third-order valence-electron chi connectivity index (χ3n) is 10.5. The third-order valence-corrected chi connectivity index (χ3v) is 10.5. The summed E-state index contributed by atoms with van der Waals surface area (Å²) in [6, 6.07) is 0. The Hall–Kier alpha value is -2.89. The molecule has 0 rings (SSSR count). The zero-order chi connectivity index (χ0) is 43.0. The highest BCUT2D eigenvalue weighted by atomic mass is 16.6. The average molecular weight is 825 g/mol. The van der Waals surface area contributed by atoms with Gasteiger partial charge in [-0.1, -0.05) is 197 Å². The number of carbonyl (C=O) groups excluding carboxylic acids is 3. The monoisotopic (exact) mass is 825 g/mol. The fraction of sp³-hybridized carbons (Fsp3) is 0.755. The first-order valence-electron chi connectivity index (χ1n) is 24.8. The Balaban J connectivity index is 4.38. The number of ether oxygens (including phenoxy) is 3. The topological polar surface area (TPSA) is 78.9 Å². The van der Waals surface area contributed by atoms with Crippen molar-refractivity contribution in [2.45, 2.75) is 245 Å². The van der Waals surface area contributed by atoms with Gasteiger partial charge < -0.3 is 14.2 Å². The van der Waals surface area contributed by atoms with Crippen molar-refractivity contribution in [1.82, 2.24) is 0 Å². The van der Waals surface area contributed by atoms with Gasteiger partial charge >= 0.3 is 17.9 Å². The summed E-state index contributed by atoms with van der Waals surface area (Å²) in [6.07, 6.45) is 57.8. The molecule has 0 radical (unpaired) electrons. The van der Waals surface area contributed by atoms with Crippen molar-refractivity contribution in [2.24, 2.45) is 0 Å².